The van der Waals surface area contributed by atoms with Gasteiger partial charge in [0.05, 0.1) is 5.69 Å². The summed E-state index contributed by atoms with van der Waals surface area (Å²) < 4.78 is 31.9. The first-order valence-electron chi connectivity index (χ1n) is 5.74. The van der Waals surface area contributed by atoms with Crippen molar-refractivity contribution in [3.63, 3.8) is 0 Å². The summed E-state index contributed by atoms with van der Waals surface area (Å²) in [6.07, 6.45) is 0. The highest BCUT2D eigenvalue weighted by molar-refractivity contribution is 7.85. The number of aryl methyl sites for hydroxylation is 1. The van der Waals surface area contributed by atoms with E-state index in [9.17, 15) is 18.3 Å². The third-order valence-electron chi connectivity index (χ3n) is 2.85. The molecule has 0 spiro atoms. The van der Waals surface area contributed by atoms with E-state index in [1.54, 1.807) is 30.3 Å². The Morgan fingerprint density at radius 1 is 1.20 bits per heavy atom. The Hall–Kier alpha value is -2.12. The van der Waals surface area contributed by atoms with E-state index in [1.807, 2.05) is 0 Å². The monoisotopic (exact) mass is 295 g/mol. The van der Waals surface area contributed by atoms with E-state index < -0.39 is 21.4 Å². The first kappa shape index (κ1) is 14.3. The Labute approximate surface area is 115 Å². The maximum Gasteiger partial charge on any atom is 0.269 e. The van der Waals surface area contributed by atoms with Crippen molar-refractivity contribution < 1.29 is 18.1 Å². The van der Waals surface area contributed by atoms with E-state index in [1.165, 1.54) is 13.0 Å². The van der Waals surface area contributed by atoms with E-state index in [4.69, 9.17) is 4.55 Å². The van der Waals surface area contributed by atoms with Crippen LogP contribution in [0.15, 0.2) is 41.2 Å². The van der Waals surface area contributed by atoms with Gasteiger partial charge in [-0.1, -0.05) is 18.2 Å². The molecule has 106 valence electrons. The maximum atomic E-state index is 12.3. The lowest BCUT2D eigenvalue weighted by Crippen LogP contribution is -2.25. The van der Waals surface area contributed by atoms with Gasteiger partial charge >= 0.3 is 0 Å². The molecule has 0 aliphatic heterocycles. The number of nitrogens with zero attached hydrogens (tertiary/aromatic N) is 1. The summed E-state index contributed by atoms with van der Waals surface area (Å²) in [6, 6.07) is 9.61. The van der Waals surface area contributed by atoms with Crippen molar-refractivity contribution in [2.45, 2.75) is 12.7 Å². The van der Waals surface area contributed by atoms with Crippen molar-refractivity contribution in [2.75, 3.05) is 0 Å². The van der Waals surface area contributed by atoms with Gasteiger partial charge in [0.25, 0.3) is 15.7 Å². The molecular formula is C13H13NO5S. The van der Waals surface area contributed by atoms with Crippen molar-refractivity contribution in [3.8, 4) is 11.6 Å². The summed E-state index contributed by atoms with van der Waals surface area (Å²) in [6.45, 7) is 1.50. The van der Waals surface area contributed by atoms with Crippen LogP contribution in [0.25, 0.3) is 5.69 Å². The predicted molar refractivity (Wildman–Crippen MR) is 73.7 cm³/mol. The second-order valence-corrected chi connectivity index (χ2v) is 5.82. The van der Waals surface area contributed by atoms with Crippen LogP contribution in [0.4, 0.5) is 0 Å². The van der Waals surface area contributed by atoms with Crippen LogP contribution in [0, 0.1) is 6.92 Å². The second-order valence-electron chi connectivity index (χ2n) is 4.37. The van der Waals surface area contributed by atoms with Crippen LogP contribution in [-0.2, 0) is 15.9 Å². The van der Waals surface area contributed by atoms with Crippen molar-refractivity contribution in [1.29, 1.82) is 0 Å². The van der Waals surface area contributed by atoms with E-state index >= 15 is 0 Å². The van der Waals surface area contributed by atoms with Gasteiger partial charge in [-0.15, -0.1) is 0 Å². The minimum atomic E-state index is -4.33. The number of hydrogen-bond acceptors (Lipinski definition) is 4. The Kier molecular flexibility index (Phi) is 3.65. The molecule has 0 radical (unpaired) electrons. The average Bonchev–Trinajstić information content (AvgIpc) is 2.34. The fourth-order valence-electron chi connectivity index (χ4n) is 1.94. The first-order valence-corrected chi connectivity index (χ1v) is 7.35. The van der Waals surface area contributed by atoms with Gasteiger partial charge in [0.1, 0.15) is 5.75 Å². The van der Waals surface area contributed by atoms with Crippen molar-refractivity contribution in [2.24, 2.45) is 0 Å². The third-order valence-corrected chi connectivity index (χ3v) is 3.51. The molecule has 1 aromatic heterocycles. The molecule has 0 saturated heterocycles. The van der Waals surface area contributed by atoms with Crippen LogP contribution in [0.2, 0.25) is 0 Å². The quantitative estimate of drug-likeness (QED) is 0.830. The van der Waals surface area contributed by atoms with Crippen molar-refractivity contribution in [1.82, 2.24) is 4.57 Å². The van der Waals surface area contributed by atoms with E-state index in [0.29, 0.717) is 11.3 Å². The number of rotatable bonds is 3. The number of para-hydroxylation sites is 1. The highest BCUT2D eigenvalue weighted by atomic mass is 32.2. The largest absolute Gasteiger partial charge is 0.494 e. The van der Waals surface area contributed by atoms with Gasteiger partial charge in [0, 0.05) is 11.6 Å². The van der Waals surface area contributed by atoms with Gasteiger partial charge in [-0.05, 0) is 24.6 Å². The highest BCUT2D eigenvalue weighted by Crippen LogP contribution is 2.18. The Bertz CT molecular complexity index is 794. The number of pyridine rings is 1. The molecule has 1 aromatic carbocycles. The first-order chi connectivity index (χ1) is 9.29. The van der Waals surface area contributed by atoms with Crippen molar-refractivity contribution in [3.05, 3.63) is 57.9 Å². The smallest absolute Gasteiger partial charge is 0.269 e. The predicted octanol–water partition coefficient (Wildman–Crippen LogP) is 1.24. The zero-order valence-corrected chi connectivity index (χ0v) is 11.5. The van der Waals surface area contributed by atoms with Crippen LogP contribution >= 0.6 is 0 Å². The number of aromatic hydroxyl groups is 1. The molecular weight excluding hydrogens is 282 g/mol. The van der Waals surface area contributed by atoms with Crippen LogP contribution in [0.3, 0.4) is 0 Å². The topological polar surface area (TPSA) is 96.6 Å². The van der Waals surface area contributed by atoms with Gasteiger partial charge in [-0.2, -0.15) is 8.42 Å². The normalized spacial score (nSPS) is 11.5. The summed E-state index contributed by atoms with van der Waals surface area (Å²) in [5.41, 5.74) is -0.0376. The maximum absolute atomic E-state index is 12.3. The molecule has 0 unspecified atom stereocenters. The fraction of sp³-hybridized carbons (Fsp3) is 0.154. The Morgan fingerprint density at radius 2 is 1.80 bits per heavy atom. The van der Waals surface area contributed by atoms with E-state index in [0.717, 1.165) is 4.57 Å². The molecule has 0 fully saturated rings. The van der Waals surface area contributed by atoms with Gasteiger partial charge in [-0.25, -0.2) is 4.57 Å². The van der Waals surface area contributed by atoms with Crippen LogP contribution in [-0.4, -0.2) is 22.6 Å². The SMILES string of the molecule is Cc1cc(O)n(-c2ccccc2)c(=O)c1CS(=O)(=O)O. The second kappa shape index (κ2) is 5.10. The summed E-state index contributed by atoms with van der Waals surface area (Å²) in [7, 11) is -4.33. The molecule has 2 rings (SSSR count). The van der Waals surface area contributed by atoms with Crippen LogP contribution in [0.1, 0.15) is 11.1 Å². The lowest BCUT2D eigenvalue weighted by atomic mass is 10.1. The molecule has 0 aliphatic carbocycles. The molecule has 0 amide bonds. The molecule has 0 bridgehead atoms. The lowest BCUT2D eigenvalue weighted by Gasteiger charge is -2.12. The standard InChI is InChI=1S/C13H13NO5S/c1-9-7-12(15)14(10-5-3-2-4-6-10)13(16)11(9)8-20(17,18)19/h2-7,15H,8H2,1H3,(H,17,18,19). The zero-order chi connectivity index (χ0) is 14.9. The molecule has 0 atom stereocenters. The molecule has 6 nitrogen and oxygen atoms in total. The van der Waals surface area contributed by atoms with E-state index in [2.05, 4.69) is 0 Å². The van der Waals surface area contributed by atoms with Gasteiger partial charge < -0.3 is 5.11 Å². The number of benzene rings is 1. The average molecular weight is 295 g/mol. The molecule has 7 heteroatoms. The van der Waals surface area contributed by atoms with Gasteiger partial charge in [0.2, 0.25) is 0 Å². The fourth-order valence-corrected chi connectivity index (χ4v) is 2.65. The van der Waals surface area contributed by atoms with E-state index in [-0.39, 0.29) is 11.4 Å². The summed E-state index contributed by atoms with van der Waals surface area (Å²) in [5.74, 6) is -1.08. The summed E-state index contributed by atoms with van der Waals surface area (Å²) in [5, 5.41) is 9.90. The zero-order valence-electron chi connectivity index (χ0n) is 10.6. The van der Waals surface area contributed by atoms with Crippen LogP contribution < -0.4 is 5.56 Å². The van der Waals surface area contributed by atoms with Crippen molar-refractivity contribution >= 4 is 10.1 Å². The lowest BCUT2D eigenvalue weighted by molar-refractivity contribution is 0.433. The van der Waals surface area contributed by atoms with Gasteiger partial charge in [0.15, 0.2) is 5.88 Å². The summed E-state index contributed by atoms with van der Waals surface area (Å²) in [4.78, 5) is 12.3. The number of aromatic nitrogens is 1. The Balaban J connectivity index is 2.72. The summed E-state index contributed by atoms with van der Waals surface area (Å²) >= 11 is 0. The third kappa shape index (κ3) is 2.89. The minimum Gasteiger partial charge on any atom is -0.494 e. The van der Waals surface area contributed by atoms with Gasteiger partial charge in [-0.3, -0.25) is 9.35 Å². The molecule has 2 aromatic rings. The number of hydrogen-bond donors (Lipinski definition) is 2. The molecule has 0 saturated carbocycles. The Morgan fingerprint density at radius 3 is 2.35 bits per heavy atom. The van der Waals surface area contributed by atoms with Crippen LogP contribution in [0.5, 0.6) is 5.88 Å². The molecule has 1 heterocycles. The molecule has 20 heavy (non-hydrogen) atoms. The highest BCUT2D eigenvalue weighted by Gasteiger charge is 2.18. The minimum absolute atomic E-state index is 0.0749. The molecule has 2 N–H and O–H groups in total. The molecule has 0 aliphatic rings.